The molecule has 2 heterocycles. The summed E-state index contributed by atoms with van der Waals surface area (Å²) in [6.45, 7) is 3.27. The van der Waals surface area contributed by atoms with Crippen LogP contribution in [0.5, 0.6) is 0 Å². The normalized spacial score (nSPS) is 44.2. The summed E-state index contributed by atoms with van der Waals surface area (Å²) in [6, 6.07) is 0. The van der Waals surface area contributed by atoms with Crippen molar-refractivity contribution in [3.63, 3.8) is 0 Å². The van der Waals surface area contributed by atoms with E-state index >= 15 is 0 Å². The van der Waals surface area contributed by atoms with Crippen LogP contribution in [0.25, 0.3) is 0 Å². The number of carbonyl (C=O) groups excluding carboxylic acids is 3. The van der Waals surface area contributed by atoms with Gasteiger partial charge in [-0.2, -0.15) is 0 Å². The average Bonchev–Trinajstić information content (AvgIpc) is 2.56. The smallest absolute Gasteiger partial charge is 0.307 e. The van der Waals surface area contributed by atoms with E-state index < -0.39 is 23.0 Å². The molecule has 15 heavy (non-hydrogen) atoms. The predicted octanol–water partition coefficient (Wildman–Crippen LogP) is -0.262. The van der Waals surface area contributed by atoms with Gasteiger partial charge in [-0.05, 0) is 13.8 Å². The quantitative estimate of drug-likeness (QED) is 0.442. The minimum absolute atomic E-state index is 0.0725. The number of ether oxygens (including phenoxy) is 1. The third kappa shape index (κ3) is 0.905. The summed E-state index contributed by atoms with van der Waals surface area (Å²) in [4.78, 5) is 35.6. The van der Waals surface area contributed by atoms with E-state index in [1.165, 1.54) is 4.90 Å². The Kier molecular flexibility index (Phi) is 1.75. The molecule has 3 atom stereocenters. The molecule has 0 N–H and O–H groups in total. The van der Waals surface area contributed by atoms with Gasteiger partial charge in [-0.15, -0.1) is 0 Å². The lowest BCUT2D eigenvalue weighted by Gasteiger charge is -2.37. The molecule has 5 heteroatoms. The highest BCUT2D eigenvalue weighted by molar-refractivity contribution is 5.96. The lowest BCUT2D eigenvalue weighted by molar-refractivity contribution is -0.157. The second-order valence-corrected chi connectivity index (χ2v) is 4.50. The first kappa shape index (κ1) is 10.1. The number of hydrogen-bond acceptors (Lipinski definition) is 4. The third-order valence-electron chi connectivity index (χ3n) is 3.92. The molecule has 0 spiro atoms. The topological polar surface area (TPSA) is 63.7 Å². The van der Waals surface area contributed by atoms with E-state index in [4.69, 9.17) is 4.74 Å². The highest BCUT2D eigenvalue weighted by Crippen LogP contribution is 2.49. The SMILES string of the molecule is CN1C(=O)C2CC(=O)OC2(C)C1(C)C=O. The molecule has 2 saturated heterocycles. The molecule has 0 bridgehead atoms. The van der Waals surface area contributed by atoms with Crippen LogP contribution in [0, 0.1) is 5.92 Å². The summed E-state index contributed by atoms with van der Waals surface area (Å²) in [5.41, 5.74) is -2.07. The number of rotatable bonds is 1. The molecule has 2 fully saturated rings. The fraction of sp³-hybridized carbons (Fsp3) is 0.700. The summed E-state index contributed by atoms with van der Waals surface area (Å²) >= 11 is 0. The Morgan fingerprint density at radius 2 is 2.07 bits per heavy atom. The second kappa shape index (κ2) is 2.59. The van der Waals surface area contributed by atoms with Gasteiger partial charge in [0.2, 0.25) is 5.91 Å². The largest absolute Gasteiger partial charge is 0.455 e. The number of likely N-dealkylation sites (N-methyl/N-ethyl adjacent to an activating group) is 1. The predicted molar refractivity (Wildman–Crippen MR) is 49.8 cm³/mol. The van der Waals surface area contributed by atoms with Crippen molar-refractivity contribution >= 4 is 18.2 Å². The van der Waals surface area contributed by atoms with Gasteiger partial charge in [0, 0.05) is 7.05 Å². The molecule has 0 aliphatic carbocycles. The molecule has 2 rings (SSSR count). The maximum Gasteiger partial charge on any atom is 0.307 e. The van der Waals surface area contributed by atoms with Gasteiger partial charge >= 0.3 is 5.97 Å². The van der Waals surface area contributed by atoms with Crippen molar-refractivity contribution in [3.8, 4) is 0 Å². The maximum absolute atomic E-state index is 11.8. The van der Waals surface area contributed by atoms with Gasteiger partial charge < -0.3 is 14.4 Å². The molecule has 2 aliphatic heterocycles. The van der Waals surface area contributed by atoms with Crippen molar-refractivity contribution < 1.29 is 19.1 Å². The van der Waals surface area contributed by atoms with E-state index in [2.05, 4.69) is 0 Å². The molecular weight excluding hydrogens is 198 g/mol. The summed E-state index contributed by atoms with van der Waals surface area (Å²) < 4.78 is 5.19. The molecule has 0 aromatic heterocycles. The van der Waals surface area contributed by atoms with E-state index in [0.717, 1.165) is 0 Å². The highest BCUT2D eigenvalue weighted by atomic mass is 16.6. The zero-order valence-corrected chi connectivity index (χ0v) is 8.94. The fourth-order valence-corrected chi connectivity index (χ4v) is 2.48. The van der Waals surface area contributed by atoms with Crippen LogP contribution in [0.1, 0.15) is 20.3 Å². The molecule has 82 valence electrons. The first-order chi connectivity index (χ1) is 6.87. The van der Waals surface area contributed by atoms with Gasteiger partial charge in [0.25, 0.3) is 0 Å². The molecule has 1 amide bonds. The Morgan fingerprint density at radius 1 is 1.47 bits per heavy atom. The van der Waals surface area contributed by atoms with Crippen molar-refractivity contribution in [1.82, 2.24) is 4.90 Å². The van der Waals surface area contributed by atoms with Crippen molar-refractivity contribution in [3.05, 3.63) is 0 Å². The fourth-order valence-electron chi connectivity index (χ4n) is 2.48. The minimum atomic E-state index is -1.05. The Labute approximate surface area is 87.4 Å². The van der Waals surface area contributed by atoms with Crippen molar-refractivity contribution in [2.24, 2.45) is 5.92 Å². The molecule has 3 unspecified atom stereocenters. The summed E-state index contributed by atoms with van der Waals surface area (Å²) in [5, 5.41) is 0. The molecule has 0 aromatic carbocycles. The van der Waals surface area contributed by atoms with Crippen LogP contribution in [0.3, 0.4) is 0 Å². The van der Waals surface area contributed by atoms with Crippen LogP contribution in [-0.2, 0) is 19.1 Å². The summed E-state index contributed by atoms with van der Waals surface area (Å²) in [7, 11) is 1.56. The Bertz CT molecular complexity index is 366. The molecule has 0 saturated carbocycles. The molecule has 0 radical (unpaired) electrons. The van der Waals surface area contributed by atoms with Crippen LogP contribution < -0.4 is 0 Å². The molecule has 2 aliphatic rings. The summed E-state index contributed by atoms with van der Waals surface area (Å²) in [5.74, 6) is -1.12. The lowest BCUT2D eigenvalue weighted by atomic mass is 9.79. The van der Waals surface area contributed by atoms with Gasteiger partial charge in [0.05, 0.1) is 12.3 Å². The number of carbonyl (C=O) groups is 3. The van der Waals surface area contributed by atoms with E-state index in [-0.39, 0.29) is 12.3 Å². The van der Waals surface area contributed by atoms with Crippen molar-refractivity contribution in [1.29, 1.82) is 0 Å². The van der Waals surface area contributed by atoms with Crippen molar-refractivity contribution in [2.75, 3.05) is 7.05 Å². The second-order valence-electron chi connectivity index (χ2n) is 4.50. The zero-order valence-electron chi connectivity index (χ0n) is 8.94. The van der Waals surface area contributed by atoms with Crippen LogP contribution in [-0.4, -0.2) is 41.3 Å². The molecule has 5 nitrogen and oxygen atoms in total. The summed E-state index contributed by atoms with van der Waals surface area (Å²) in [6.07, 6.45) is 0.757. The lowest BCUT2D eigenvalue weighted by Crippen LogP contribution is -2.56. The van der Waals surface area contributed by atoms with Gasteiger partial charge in [0.15, 0.2) is 5.60 Å². The highest BCUT2D eigenvalue weighted by Gasteiger charge is 2.68. The number of hydrogen-bond donors (Lipinski definition) is 0. The van der Waals surface area contributed by atoms with E-state index in [9.17, 15) is 14.4 Å². The number of nitrogens with zero attached hydrogens (tertiary/aromatic N) is 1. The number of amides is 1. The van der Waals surface area contributed by atoms with E-state index in [0.29, 0.717) is 6.29 Å². The monoisotopic (exact) mass is 211 g/mol. The Hall–Kier alpha value is -1.39. The zero-order chi connectivity index (χ0) is 11.4. The molecule has 0 aromatic rings. The van der Waals surface area contributed by atoms with Gasteiger partial charge in [-0.1, -0.05) is 0 Å². The number of fused-ring (bicyclic) bond motifs is 1. The number of aldehydes is 1. The van der Waals surface area contributed by atoms with E-state index in [1.807, 2.05) is 0 Å². The van der Waals surface area contributed by atoms with Gasteiger partial charge in [-0.25, -0.2) is 0 Å². The minimum Gasteiger partial charge on any atom is -0.455 e. The maximum atomic E-state index is 11.8. The van der Waals surface area contributed by atoms with Crippen molar-refractivity contribution in [2.45, 2.75) is 31.4 Å². The van der Waals surface area contributed by atoms with Crippen LogP contribution in [0.15, 0.2) is 0 Å². The number of likely N-dealkylation sites (tertiary alicyclic amines) is 1. The Balaban J connectivity index is 2.55. The Morgan fingerprint density at radius 3 is 2.60 bits per heavy atom. The van der Waals surface area contributed by atoms with Crippen LogP contribution >= 0.6 is 0 Å². The average molecular weight is 211 g/mol. The van der Waals surface area contributed by atoms with Gasteiger partial charge in [0.1, 0.15) is 11.8 Å². The first-order valence-corrected chi connectivity index (χ1v) is 4.82. The first-order valence-electron chi connectivity index (χ1n) is 4.82. The van der Waals surface area contributed by atoms with Gasteiger partial charge in [-0.3, -0.25) is 9.59 Å². The number of esters is 1. The molecular formula is C10H13NO4. The van der Waals surface area contributed by atoms with E-state index in [1.54, 1.807) is 20.9 Å². The third-order valence-corrected chi connectivity index (χ3v) is 3.92. The van der Waals surface area contributed by atoms with Crippen LogP contribution in [0.4, 0.5) is 0 Å². The van der Waals surface area contributed by atoms with Crippen LogP contribution in [0.2, 0.25) is 0 Å². The standard InChI is InChI=1S/C10H13NO4/c1-9(5-12)10(2)6(4-7(13)15-10)8(14)11(9)3/h5-6H,4H2,1-3H3.